The molecule has 0 spiro atoms. The Balaban J connectivity index is 2.35. The highest BCUT2D eigenvalue weighted by Crippen LogP contribution is 2.29. The van der Waals surface area contributed by atoms with E-state index in [2.05, 4.69) is 9.82 Å². The average Bonchev–Trinajstić information content (AvgIpc) is 2.85. The third kappa shape index (κ3) is 3.07. The van der Waals surface area contributed by atoms with E-state index in [9.17, 15) is 12.8 Å². The SMILES string of the molecule is CCn1cc(NS(=O)(=O)c2cc(N)c(OC)c(F)c2)cn1. The summed E-state index contributed by atoms with van der Waals surface area (Å²) in [4.78, 5) is -0.289. The van der Waals surface area contributed by atoms with Crippen LogP contribution in [-0.2, 0) is 16.6 Å². The zero-order chi connectivity index (χ0) is 15.6. The maximum atomic E-state index is 13.7. The van der Waals surface area contributed by atoms with Crippen LogP contribution in [0, 0.1) is 5.82 Å². The highest BCUT2D eigenvalue weighted by atomic mass is 32.2. The summed E-state index contributed by atoms with van der Waals surface area (Å²) in [7, 11) is -2.71. The molecule has 3 N–H and O–H groups in total. The van der Waals surface area contributed by atoms with Gasteiger partial charge in [-0.2, -0.15) is 5.10 Å². The third-order valence-electron chi connectivity index (χ3n) is 2.77. The van der Waals surface area contributed by atoms with Gasteiger partial charge in [-0.3, -0.25) is 9.40 Å². The molecule has 0 bridgehead atoms. The number of methoxy groups -OCH3 is 1. The molecule has 0 unspecified atom stereocenters. The molecule has 9 heteroatoms. The standard InChI is InChI=1S/C12H15FN4O3S/c1-3-17-7-8(6-15-17)16-21(18,19)9-4-10(13)12(20-2)11(14)5-9/h4-7,16H,3,14H2,1-2H3. The van der Waals surface area contributed by atoms with Crippen LogP contribution in [0.1, 0.15) is 6.92 Å². The largest absolute Gasteiger partial charge is 0.492 e. The first-order valence-corrected chi connectivity index (χ1v) is 7.54. The first-order valence-electron chi connectivity index (χ1n) is 6.05. The summed E-state index contributed by atoms with van der Waals surface area (Å²) in [6.07, 6.45) is 2.89. The molecule has 7 nitrogen and oxygen atoms in total. The Labute approximate surface area is 121 Å². The van der Waals surface area contributed by atoms with Crippen LogP contribution >= 0.6 is 0 Å². The van der Waals surface area contributed by atoms with Crippen LogP contribution in [0.15, 0.2) is 29.4 Å². The lowest BCUT2D eigenvalue weighted by atomic mass is 10.3. The quantitative estimate of drug-likeness (QED) is 0.813. The molecule has 0 saturated carbocycles. The van der Waals surface area contributed by atoms with Crippen molar-refractivity contribution >= 4 is 21.4 Å². The number of hydrogen-bond donors (Lipinski definition) is 2. The van der Waals surface area contributed by atoms with Gasteiger partial charge in [0.15, 0.2) is 11.6 Å². The molecule has 0 radical (unpaired) electrons. The number of sulfonamides is 1. The zero-order valence-electron chi connectivity index (χ0n) is 11.5. The van der Waals surface area contributed by atoms with Crippen molar-refractivity contribution in [3.63, 3.8) is 0 Å². The molecule has 0 fully saturated rings. The van der Waals surface area contributed by atoms with E-state index in [1.165, 1.54) is 19.5 Å². The van der Waals surface area contributed by atoms with Crippen molar-refractivity contribution in [2.45, 2.75) is 18.4 Å². The molecule has 1 aromatic carbocycles. The molecule has 114 valence electrons. The summed E-state index contributed by atoms with van der Waals surface area (Å²) >= 11 is 0. The smallest absolute Gasteiger partial charge is 0.262 e. The van der Waals surface area contributed by atoms with E-state index in [0.29, 0.717) is 6.54 Å². The number of nitrogens with zero attached hydrogens (tertiary/aromatic N) is 2. The number of aromatic nitrogens is 2. The summed E-state index contributed by atoms with van der Waals surface area (Å²) < 4.78 is 46.7. The van der Waals surface area contributed by atoms with E-state index in [-0.39, 0.29) is 22.0 Å². The van der Waals surface area contributed by atoms with E-state index in [0.717, 1.165) is 12.1 Å². The summed E-state index contributed by atoms with van der Waals surface area (Å²) in [6, 6.07) is 1.98. The number of aryl methyl sites for hydroxylation is 1. The second-order valence-electron chi connectivity index (χ2n) is 4.22. The summed E-state index contributed by atoms with van der Waals surface area (Å²) in [5.74, 6) is -1.03. The molecule has 21 heavy (non-hydrogen) atoms. The first-order chi connectivity index (χ1) is 9.87. The number of nitrogens with two attached hydrogens (primary N) is 1. The molecule has 0 aliphatic carbocycles. The Morgan fingerprint density at radius 1 is 1.48 bits per heavy atom. The van der Waals surface area contributed by atoms with Crippen molar-refractivity contribution in [3.8, 4) is 5.75 Å². The van der Waals surface area contributed by atoms with Crippen molar-refractivity contribution < 1.29 is 17.5 Å². The van der Waals surface area contributed by atoms with Gasteiger partial charge >= 0.3 is 0 Å². The molecular weight excluding hydrogens is 299 g/mol. The maximum absolute atomic E-state index is 13.7. The van der Waals surface area contributed by atoms with E-state index < -0.39 is 15.8 Å². The van der Waals surface area contributed by atoms with Crippen LogP contribution in [0.3, 0.4) is 0 Å². The molecule has 2 rings (SSSR count). The van der Waals surface area contributed by atoms with E-state index in [4.69, 9.17) is 10.5 Å². The highest BCUT2D eigenvalue weighted by molar-refractivity contribution is 7.92. The monoisotopic (exact) mass is 314 g/mol. The lowest BCUT2D eigenvalue weighted by molar-refractivity contribution is 0.388. The lowest BCUT2D eigenvalue weighted by Gasteiger charge is -2.10. The molecule has 0 aliphatic rings. The van der Waals surface area contributed by atoms with Crippen molar-refractivity contribution in [3.05, 3.63) is 30.3 Å². The van der Waals surface area contributed by atoms with Crippen molar-refractivity contribution in [1.29, 1.82) is 0 Å². The van der Waals surface area contributed by atoms with Crippen molar-refractivity contribution in [2.75, 3.05) is 17.6 Å². The molecule has 0 amide bonds. The molecule has 0 aliphatic heterocycles. The lowest BCUT2D eigenvalue weighted by Crippen LogP contribution is -2.13. The Bertz CT molecular complexity index is 735. The van der Waals surface area contributed by atoms with Crippen LogP contribution in [0.4, 0.5) is 15.8 Å². The van der Waals surface area contributed by atoms with Gasteiger partial charge in [0.05, 0.1) is 29.6 Å². The predicted molar refractivity (Wildman–Crippen MR) is 76.1 cm³/mol. The normalized spacial score (nSPS) is 11.4. The van der Waals surface area contributed by atoms with Crippen LogP contribution < -0.4 is 15.2 Å². The van der Waals surface area contributed by atoms with Gasteiger partial charge in [-0.25, -0.2) is 12.8 Å². The minimum absolute atomic E-state index is 0.0953. The molecule has 1 aromatic heterocycles. The van der Waals surface area contributed by atoms with Gasteiger partial charge in [0.25, 0.3) is 10.0 Å². The number of rotatable bonds is 5. The molecule has 0 atom stereocenters. The van der Waals surface area contributed by atoms with Gasteiger partial charge in [-0.05, 0) is 19.1 Å². The van der Waals surface area contributed by atoms with Gasteiger partial charge in [-0.15, -0.1) is 0 Å². The average molecular weight is 314 g/mol. The van der Waals surface area contributed by atoms with Crippen LogP contribution in [0.5, 0.6) is 5.75 Å². The topological polar surface area (TPSA) is 99.2 Å². The minimum atomic E-state index is -3.96. The number of ether oxygens (including phenoxy) is 1. The summed E-state index contributed by atoms with van der Waals surface area (Å²) in [6.45, 7) is 2.47. The third-order valence-corrected chi connectivity index (χ3v) is 4.13. The van der Waals surface area contributed by atoms with Crippen molar-refractivity contribution in [2.24, 2.45) is 0 Å². The second kappa shape index (κ2) is 5.60. The van der Waals surface area contributed by atoms with E-state index in [1.54, 1.807) is 4.68 Å². The Morgan fingerprint density at radius 3 is 2.71 bits per heavy atom. The van der Waals surface area contributed by atoms with Gasteiger partial charge in [0, 0.05) is 12.7 Å². The number of halogens is 1. The highest BCUT2D eigenvalue weighted by Gasteiger charge is 2.20. The van der Waals surface area contributed by atoms with Gasteiger partial charge in [0.2, 0.25) is 0 Å². The van der Waals surface area contributed by atoms with E-state index >= 15 is 0 Å². The molecular formula is C12H15FN4O3S. The van der Waals surface area contributed by atoms with Gasteiger partial charge < -0.3 is 10.5 Å². The molecule has 0 saturated heterocycles. The zero-order valence-corrected chi connectivity index (χ0v) is 12.3. The number of benzene rings is 1. The van der Waals surface area contributed by atoms with Gasteiger partial charge in [0.1, 0.15) is 0 Å². The maximum Gasteiger partial charge on any atom is 0.262 e. The van der Waals surface area contributed by atoms with E-state index in [1.807, 2.05) is 6.92 Å². The fourth-order valence-corrected chi connectivity index (χ4v) is 2.84. The number of nitrogen functional groups attached to an aromatic ring is 1. The first kappa shape index (κ1) is 15.1. The fraction of sp³-hybridized carbons (Fsp3) is 0.250. The minimum Gasteiger partial charge on any atom is -0.492 e. The van der Waals surface area contributed by atoms with Crippen molar-refractivity contribution in [1.82, 2.24) is 9.78 Å². The Kier molecular flexibility index (Phi) is 4.03. The van der Waals surface area contributed by atoms with Crippen LogP contribution in [-0.4, -0.2) is 25.3 Å². The molecule has 1 heterocycles. The Morgan fingerprint density at radius 2 is 2.19 bits per heavy atom. The predicted octanol–water partition coefficient (Wildman–Crippen LogP) is 1.43. The summed E-state index contributed by atoms with van der Waals surface area (Å²) in [5.41, 5.74) is 5.76. The van der Waals surface area contributed by atoms with Crippen LogP contribution in [0.25, 0.3) is 0 Å². The number of anilines is 2. The fourth-order valence-electron chi connectivity index (χ4n) is 1.76. The number of hydrogen-bond acceptors (Lipinski definition) is 5. The second-order valence-corrected chi connectivity index (χ2v) is 5.90. The van der Waals surface area contributed by atoms with Gasteiger partial charge in [-0.1, -0.05) is 0 Å². The molecule has 2 aromatic rings. The van der Waals surface area contributed by atoms with Crippen LogP contribution in [0.2, 0.25) is 0 Å². The Hall–Kier alpha value is -2.29. The summed E-state index contributed by atoms with van der Waals surface area (Å²) in [5, 5.41) is 3.95. The number of nitrogens with one attached hydrogen (secondary N) is 1.